The van der Waals surface area contributed by atoms with Crippen molar-refractivity contribution in [2.75, 3.05) is 18.0 Å². The standard InChI is InChI=1S/C16H22N2O2/c1-4-7-17-16(20)13-9-15(19)18(10-13)14-6-5-11(2)8-12(14)3/h5-6,8,13H,4,7,9-10H2,1-3H3,(H,17,20)/t13-/m0/s1. The summed E-state index contributed by atoms with van der Waals surface area (Å²) in [6.45, 7) is 7.21. The molecule has 108 valence electrons. The van der Waals surface area contributed by atoms with Gasteiger partial charge in [-0.05, 0) is 31.9 Å². The van der Waals surface area contributed by atoms with Crippen molar-refractivity contribution in [2.24, 2.45) is 5.92 Å². The van der Waals surface area contributed by atoms with E-state index in [9.17, 15) is 9.59 Å². The summed E-state index contributed by atoms with van der Waals surface area (Å²) >= 11 is 0. The number of carbonyl (C=O) groups excluding carboxylic acids is 2. The van der Waals surface area contributed by atoms with Gasteiger partial charge in [-0.2, -0.15) is 0 Å². The molecule has 0 aliphatic carbocycles. The number of hydrogen-bond donors (Lipinski definition) is 1. The topological polar surface area (TPSA) is 49.4 Å². The third-order valence-corrected chi connectivity index (χ3v) is 3.69. The first-order chi connectivity index (χ1) is 9.52. The van der Waals surface area contributed by atoms with E-state index in [4.69, 9.17) is 0 Å². The lowest BCUT2D eigenvalue weighted by Crippen LogP contribution is -2.33. The van der Waals surface area contributed by atoms with Gasteiger partial charge < -0.3 is 10.2 Å². The van der Waals surface area contributed by atoms with Crippen molar-refractivity contribution in [3.8, 4) is 0 Å². The van der Waals surface area contributed by atoms with Crippen LogP contribution in [0.4, 0.5) is 5.69 Å². The van der Waals surface area contributed by atoms with Gasteiger partial charge in [-0.25, -0.2) is 0 Å². The predicted molar refractivity (Wildman–Crippen MR) is 79.7 cm³/mol. The smallest absolute Gasteiger partial charge is 0.227 e. The summed E-state index contributed by atoms with van der Waals surface area (Å²) in [4.78, 5) is 25.9. The molecule has 1 aromatic carbocycles. The Morgan fingerprint density at radius 2 is 2.15 bits per heavy atom. The van der Waals surface area contributed by atoms with E-state index in [1.165, 1.54) is 5.56 Å². The Kier molecular flexibility index (Phi) is 4.42. The van der Waals surface area contributed by atoms with E-state index in [2.05, 4.69) is 11.4 Å². The number of rotatable bonds is 4. The highest BCUT2D eigenvalue weighted by atomic mass is 16.2. The maximum Gasteiger partial charge on any atom is 0.227 e. The molecule has 1 N–H and O–H groups in total. The lowest BCUT2D eigenvalue weighted by molar-refractivity contribution is -0.126. The fourth-order valence-electron chi connectivity index (χ4n) is 2.62. The third kappa shape index (κ3) is 3.00. The number of nitrogens with zero attached hydrogens (tertiary/aromatic N) is 1. The molecule has 4 nitrogen and oxygen atoms in total. The molecule has 0 aromatic heterocycles. The van der Waals surface area contributed by atoms with Gasteiger partial charge in [0.05, 0.1) is 5.92 Å². The second-order valence-corrected chi connectivity index (χ2v) is 5.49. The molecular weight excluding hydrogens is 252 g/mol. The molecule has 2 amide bonds. The second kappa shape index (κ2) is 6.07. The first-order valence-corrected chi connectivity index (χ1v) is 7.18. The number of nitrogens with one attached hydrogen (secondary N) is 1. The van der Waals surface area contributed by atoms with E-state index in [1.807, 2.05) is 32.9 Å². The number of benzene rings is 1. The summed E-state index contributed by atoms with van der Waals surface area (Å²) in [6, 6.07) is 6.03. The highest BCUT2D eigenvalue weighted by Crippen LogP contribution is 2.28. The molecule has 1 aromatic rings. The van der Waals surface area contributed by atoms with Crippen LogP contribution in [-0.4, -0.2) is 24.9 Å². The van der Waals surface area contributed by atoms with Crippen LogP contribution in [-0.2, 0) is 9.59 Å². The lowest BCUT2D eigenvalue weighted by atomic mass is 10.1. The van der Waals surface area contributed by atoms with Crippen molar-refractivity contribution >= 4 is 17.5 Å². The first-order valence-electron chi connectivity index (χ1n) is 7.18. The Bertz CT molecular complexity index is 525. The highest BCUT2D eigenvalue weighted by molar-refractivity contribution is 6.00. The number of aryl methyl sites for hydroxylation is 2. The minimum absolute atomic E-state index is 0.00698. The summed E-state index contributed by atoms with van der Waals surface area (Å²) in [6.07, 6.45) is 1.22. The summed E-state index contributed by atoms with van der Waals surface area (Å²) in [5, 5.41) is 2.87. The van der Waals surface area contributed by atoms with Crippen molar-refractivity contribution in [1.29, 1.82) is 0 Å². The Morgan fingerprint density at radius 1 is 1.40 bits per heavy atom. The summed E-state index contributed by atoms with van der Waals surface area (Å²) in [5.41, 5.74) is 3.18. The van der Waals surface area contributed by atoms with E-state index in [0.29, 0.717) is 19.5 Å². The molecular formula is C16H22N2O2. The van der Waals surface area contributed by atoms with Gasteiger partial charge in [-0.1, -0.05) is 24.6 Å². The van der Waals surface area contributed by atoms with Crippen molar-refractivity contribution in [1.82, 2.24) is 5.32 Å². The van der Waals surface area contributed by atoms with Gasteiger partial charge in [-0.3, -0.25) is 9.59 Å². The van der Waals surface area contributed by atoms with Crippen LogP contribution in [0.1, 0.15) is 30.9 Å². The molecule has 0 spiro atoms. The molecule has 0 bridgehead atoms. The van der Waals surface area contributed by atoms with E-state index < -0.39 is 0 Å². The molecule has 1 aliphatic heterocycles. The normalized spacial score (nSPS) is 18.4. The minimum atomic E-state index is -0.227. The Labute approximate surface area is 120 Å². The van der Waals surface area contributed by atoms with Crippen molar-refractivity contribution in [3.63, 3.8) is 0 Å². The number of hydrogen-bond acceptors (Lipinski definition) is 2. The molecule has 20 heavy (non-hydrogen) atoms. The maximum atomic E-state index is 12.1. The number of carbonyl (C=O) groups is 2. The second-order valence-electron chi connectivity index (χ2n) is 5.49. The van der Waals surface area contributed by atoms with Crippen LogP contribution in [0, 0.1) is 19.8 Å². The molecule has 2 rings (SSSR count). The molecule has 1 atom stereocenters. The first kappa shape index (κ1) is 14.6. The maximum absolute atomic E-state index is 12.1. The predicted octanol–water partition coefficient (Wildman–Crippen LogP) is 2.18. The van der Waals surface area contributed by atoms with Crippen LogP contribution < -0.4 is 10.2 Å². The average Bonchev–Trinajstić information content (AvgIpc) is 2.78. The van der Waals surface area contributed by atoms with E-state index in [0.717, 1.165) is 17.7 Å². The zero-order chi connectivity index (χ0) is 14.7. The molecule has 1 heterocycles. The number of anilines is 1. The molecule has 1 aliphatic rings. The number of amides is 2. The van der Waals surface area contributed by atoms with Crippen molar-refractivity contribution < 1.29 is 9.59 Å². The van der Waals surface area contributed by atoms with Gasteiger partial charge in [0.15, 0.2) is 0 Å². The summed E-state index contributed by atoms with van der Waals surface area (Å²) < 4.78 is 0. The van der Waals surface area contributed by atoms with Gasteiger partial charge in [0.2, 0.25) is 11.8 Å². The Hall–Kier alpha value is -1.84. The molecule has 4 heteroatoms. The van der Waals surface area contributed by atoms with E-state index in [-0.39, 0.29) is 17.7 Å². The average molecular weight is 274 g/mol. The van der Waals surface area contributed by atoms with Crippen LogP contribution in [0.25, 0.3) is 0 Å². The largest absolute Gasteiger partial charge is 0.356 e. The van der Waals surface area contributed by atoms with Gasteiger partial charge in [0.25, 0.3) is 0 Å². The van der Waals surface area contributed by atoms with E-state index >= 15 is 0 Å². The quantitative estimate of drug-likeness (QED) is 0.915. The monoisotopic (exact) mass is 274 g/mol. The SMILES string of the molecule is CCCNC(=O)[C@H]1CC(=O)N(c2ccc(C)cc2C)C1. The van der Waals surface area contributed by atoms with Gasteiger partial charge in [-0.15, -0.1) is 0 Å². The van der Waals surface area contributed by atoms with Crippen LogP contribution in [0.2, 0.25) is 0 Å². The highest BCUT2D eigenvalue weighted by Gasteiger charge is 2.35. The van der Waals surface area contributed by atoms with Crippen LogP contribution in [0.15, 0.2) is 18.2 Å². The zero-order valence-electron chi connectivity index (χ0n) is 12.4. The zero-order valence-corrected chi connectivity index (χ0v) is 12.4. The summed E-state index contributed by atoms with van der Waals surface area (Å²) in [5.74, 6) is -0.198. The Balaban J connectivity index is 2.11. The van der Waals surface area contributed by atoms with E-state index in [1.54, 1.807) is 4.90 Å². The van der Waals surface area contributed by atoms with Crippen molar-refractivity contribution in [2.45, 2.75) is 33.6 Å². The van der Waals surface area contributed by atoms with Crippen LogP contribution >= 0.6 is 0 Å². The third-order valence-electron chi connectivity index (χ3n) is 3.69. The molecule has 1 fully saturated rings. The van der Waals surface area contributed by atoms with Gasteiger partial charge in [0.1, 0.15) is 0 Å². The fraction of sp³-hybridized carbons (Fsp3) is 0.500. The molecule has 0 unspecified atom stereocenters. The Morgan fingerprint density at radius 3 is 2.80 bits per heavy atom. The van der Waals surface area contributed by atoms with Crippen LogP contribution in [0.5, 0.6) is 0 Å². The van der Waals surface area contributed by atoms with Gasteiger partial charge in [0, 0.05) is 25.2 Å². The molecule has 0 saturated carbocycles. The minimum Gasteiger partial charge on any atom is -0.356 e. The molecule has 0 radical (unpaired) electrons. The van der Waals surface area contributed by atoms with Gasteiger partial charge >= 0.3 is 0 Å². The fourth-order valence-corrected chi connectivity index (χ4v) is 2.62. The molecule has 1 saturated heterocycles. The van der Waals surface area contributed by atoms with Crippen molar-refractivity contribution in [3.05, 3.63) is 29.3 Å². The lowest BCUT2D eigenvalue weighted by Gasteiger charge is -2.19. The summed E-state index contributed by atoms with van der Waals surface area (Å²) in [7, 11) is 0. The van der Waals surface area contributed by atoms with Crippen LogP contribution in [0.3, 0.4) is 0 Å².